The van der Waals surface area contributed by atoms with Gasteiger partial charge in [-0.25, -0.2) is 8.60 Å². The first kappa shape index (κ1) is 25.2. The van der Waals surface area contributed by atoms with Crippen LogP contribution in [0.1, 0.15) is 35.2 Å². The smallest absolute Gasteiger partial charge is 0.308 e. The van der Waals surface area contributed by atoms with E-state index in [4.69, 9.17) is 18.9 Å². The summed E-state index contributed by atoms with van der Waals surface area (Å²) in [4.78, 5) is 15.2. The molecule has 7 nitrogen and oxygen atoms in total. The molecule has 194 valence electrons. The highest BCUT2D eigenvalue weighted by Crippen LogP contribution is 2.48. The lowest BCUT2D eigenvalue weighted by Crippen LogP contribution is -2.40. The maximum atomic E-state index is 14.0. The van der Waals surface area contributed by atoms with Crippen LogP contribution in [-0.4, -0.2) is 43.0 Å². The van der Waals surface area contributed by atoms with Crippen LogP contribution in [0.25, 0.3) is 0 Å². The lowest BCUT2D eigenvalue weighted by Gasteiger charge is -2.42. The molecule has 2 aliphatic rings. The molecule has 5 rings (SSSR count). The van der Waals surface area contributed by atoms with E-state index in [1.165, 1.54) is 37.8 Å². The predicted molar refractivity (Wildman–Crippen MR) is 135 cm³/mol. The molecule has 9 heteroatoms. The Kier molecular flexibility index (Phi) is 6.92. The quantitative estimate of drug-likeness (QED) is 0.344. The van der Waals surface area contributed by atoms with E-state index in [1.54, 1.807) is 26.4 Å². The standard InChI is InChI=1S/C28H28FNO6S/c1-16(31)36-28-22-15-30-9-8-17-10-24(33-2)25(34-3)13-20(17)23(30)12-21(22)27(14-26(28)35-4)37(32)19-7-5-6-18(29)11-19/h5-7,10-11,13-14,23H,8-9,12,15H2,1-4H3. The number of benzene rings is 3. The molecule has 2 heterocycles. The van der Waals surface area contributed by atoms with Gasteiger partial charge in [-0.1, -0.05) is 6.07 Å². The van der Waals surface area contributed by atoms with E-state index in [1.807, 2.05) is 12.1 Å². The zero-order chi connectivity index (χ0) is 26.3. The molecule has 0 amide bonds. The highest BCUT2D eigenvalue weighted by atomic mass is 32.2. The number of hydrogen-bond acceptors (Lipinski definition) is 7. The van der Waals surface area contributed by atoms with Crippen molar-refractivity contribution in [3.63, 3.8) is 0 Å². The van der Waals surface area contributed by atoms with Crippen molar-refractivity contribution < 1.29 is 32.3 Å². The maximum absolute atomic E-state index is 14.0. The second-order valence-corrected chi connectivity index (χ2v) is 10.5. The van der Waals surface area contributed by atoms with E-state index in [9.17, 15) is 13.4 Å². The van der Waals surface area contributed by atoms with Crippen molar-refractivity contribution in [2.75, 3.05) is 27.9 Å². The summed E-state index contributed by atoms with van der Waals surface area (Å²) in [6, 6.07) is 11.4. The molecule has 2 atom stereocenters. The maximum Gasteiger partial charge on any atom is 0.308 e. The SMILES string of the molecule is COc1cc2c(cc1OC)C1Cc3c(S(=O)c4cccc(F)c4)cc(OC)c(OC(C)=O)c3CN1CC2. The van der Waals surface area contributed by atoms with Crippen molar-refractivity contribution in [2.24, 2.45) is 0 Å². The molecule has 0 radical (unpaired) electrons. The summed E-state index contributed by atoms with van der Waals surface area (Å²) >= 11 is 0. The minimum absolute atomic E-state index is 0.0158. The van der Waals surface area contributed by atoms with E-state index in [2.05, 4.69) is 4.90 Å². The van der Waals surface area contributed by atoms with Crippen molar-refractivity contribution in [2.45, 2.75) is 42.1 Å². The number of halogens is 1. The Balaban J connectivity index is 1.68. The molecular formula is C28H28FNO6S. The summed E-state index contributed by atoms with van der Waals surface area (Å²) in [5.41, 5.74) is 3.85. The Morgan fingerprint density at radius 2 is 1.73 bits per heavy atom. The van der Waals surface area contributed by atoms with E-state index in [0.29, 0.717) is 45.8 Å². The number of carbonyl (C=O) groups is 1. The molecule has 0 aromatic heterocycles. The van der Waals surface area contributed by atoms with Gasteiger partial charge in [0.2, 0.25) is 0 Å². The van der Waals surface area contributed by atoms with Gasteiger partial charge in [-0.2, -0.15) is 0 Å². The topological polar surface area (TPSA) is 74.3 Å². The molecular weight excluding hydrogens is 497 g/mol. The van der Waals surface area contributed by atoms with E-state index < -0.39 is 22.6 Å². The predicted octanol–water partition coefficient (Wildman–Crippen LogP) is 4.60. The van der Waals surface area contributed by atoms with Crippen LogP contribution in [0, 0.1) is 5.82 Å². The number of methoxy groups -OCH3 is 3. The van der Waals surface area contributed by atoms with Gasteiger partial charge in [0.05, 0.1) is 37.0 Å². The molecule has 0 spiro atoms. The number of rotatable bonds is 6. The summed E-state index contributed by atoms with van der Waals surface area (Å²) < 4.78 is 50.1. The van der Waals surface area contributed by atoms with Gasteiger partial charge >= 0.3 is 5.97 Å². The zero-order valence-electron chi connectivity index (χ0n) is 21.1. The van der Waals surface area contributed by atoms with Crippen LogP contribution in [0.3, 0.4) is 0 Å². The summed E-state index contributed by atoms with van der Waals surface area (Å²) in [7, 11) is 3.02. The largest absolute Gasteiger partial charge is 0.493 e. The first-order valence-electron chi connectivity index (χ1n) is 11.9. The molecule has 3 aromatic rings. The minimum Gasteiger partial charge on any atom is -0.493 e. The first-order valence-corrected chi connectivity index (χ1v) is 13.1. The van der Waals surface area contributed by atoms with Gasteiger partial charge < -0.3 is 18.9 Å². The molecule has 2 aliphatic heterocycles. The summed E-state index contributed by atoms with van der Waals surface area (Å²) in [5.74, 6) is 1.05. The Bertz CT molecular complexity index is 1410. The number of carbonyl (C=O) groups excluding carboxylic acids is 1. The van der Waals surface area contributed by atoms with Gasteiger partial charge in [0, 0.05) is 42.6 Å². The van der Waals surface area contributed by atoms with Gasteiger partial charge in [-0.15, -0.1) is 0 Å². The molecule has 0 saturated carbocycles. The second-order valence-electron chi connectivity index (χ2n) is 9.03. The molecule has 2 unspecified atom stereocenters. The summed E-state index contributed by atoms with van der Waals surface area (Å²) in [6.45, 7) is 2.60. The molecule has 0 N–H and O–H groups in total. The third kappa shape index (κ3) is 4.57. The fourth-order valence-corrected chi connectivity index (χ4v) is 6.60. The molecule has 0 saturated heterocycles. The Morgan fingerprint density at radius 1 is 1.00 bits per heavy atom. The number of esters is 1. The van der Waals surface area contributed by atoms with Crippen LogP contribution >= 0.6 is 0 Å². The molecule has 0 bridgehead atoms. The zero-order valence-corrected chi connectivity index (χ0v) is 21.9. The molecule has 0 aliphatic carbocycles. The van der Waals surface area contributed by atoms with Gasteiger partial charge in [-0.3, -0.25) is 9.69 Å². The molecule has 3 aromatic carbocycles. The average Bonchev–Trinajstić information content (AvgIpc) is 2.90. The highest BCUT2D eigenvalue weighted by Gasteiger charge is 2.37. The lowest BCUT2D eigenvalue weighted by molar-refractivity contribution is -0.132. The summed E-state index contributed by atoms with van der Waals surface area (Å²) in [5, 5.41) is 0. The Labute approximate surface area is 217 Å². The second kappa shape index (κ2) is 10.1. The van der Waals surface area contributed by atoms with Gasteiger partial charge in [0.1, 0.15) is 5.82 Å². The van der Waals surface area contributed by atoms with Crippen molar-refractivity contribution in [1.82, 2.24) is 4.90 Å². The van der Waals surface area contributed by atoms with Gasteiger partial charge in [0.25, 0.3) is 0 Å². The van der Waals surface area contributed by atoms with Crippen LogP contribution < -0.4 is 18.9 Å². The van der Waals surface area contributed by atoms with Crippen LogP contribution in [0.2, 0.25) is 0 Å². The fourth-order valence-electron chi connectivity index (χ4n) is 5.28. The van der Waals surface area contributed by atoms with Crippen LogP contribution in [0.4, 0.5) is 4.39 Å². The Hall–Kier alpha value is -3.43. The number of nitrogens with zero attached hydrogens (tertiary/aromatic N) is 1. The van der Waals surface area contributed by atoms with E-state index in [-0.39, 0.29) is 6.04 Å². The van der Waals surface area contributed by atoms with Crippen molar-refractivity contribution in [3.05, 3.63) is 70.5 Å². The first-order chi connectivity index (χ1) is 17.8. The molecule has 37 heavy (non-hydrogen) atoms. The summed E-state index contributed by atoms with van der Waals surface area (Å²) in [6.07, 6.45) is 1.34. The monoisotopic (exact) mass is 525 g/mol. The van der Waals surface area contributed by atoms with Crippen LogP contribution in [-0.2, 0) is 35.0 Å². The van der Waals surface area contributed by atoms with Crippen LogP contribution in [0.15, 0.2) is 52.3 Å². The van der Waals surface area contributed by atoms with E-state index >= 15 is 0 Å². The third-order valence-corrected chi connectivity index (χ3v) is 8.42. The fraction of sp³-hybridized carbons (Fsp3) is 0.321. The number of hydrogen-bond donors (Lipinski definition) is 0. The lowest BCUT2D eigenvalue weighted by atomic mass is 9.83. The highest BCUT2D eigenvalue weighted by molar-refractivity contribution is 7.85. The number of fused-ring (bicyclic) bond motifs is 4. The van der Waals surface area contributed by atoms with Crippen molar-refractivity contribution in [3.8, 4) is 23.0 Å². The number of ether oxygens (including phenoxy) is 4. The molecule has 0 fully saturated rings. The normalized spacial score (nSPS) is 17.2. The average molecular weight is 526 g/mol. The third-order valence-electron chi connectivity index (χ3n) is 6.97. The van der Waals surface area contributed by atoms with Crippen molar-refractivity contribution >= 4 is 16.8 Å². The minimum atomic E-state index is -1.68. The Morgan fingerprint density at radius 3 is 2.41 bits per heavy atom. The van der Waals surface area contributed by atoms with E-state index in [0.717, 1.165) is 29.7 Å². The van der Waals surface area contributed by atoms with Gasteiger partial charge in [-0.05, 0) is 59.9 Å². The van der Waals surface area contributed by atoms with Crippen molar-refractivity contribution in [1.29, 1.82) is 0 Å². The van der Waals surface area contributed by atoms with Crippen LogP contribution in [0.5, 0.6) is 23.0 Å². The van der Waals surface area contributed by atoms with Gasteiger partial charge in [0.15, 0.2) is 23.0 Å².